The largest absolute Gasteiger partial charge is 0.504 e. The van der Waals surface area contributed by atoms with Crippen molar-refractivity contribution in [2.75, 3.05) is 12.0 Å². The zero-order chi connectivity index (χ0) is 23.9. The van der Waals surface area contributed by atoms with E-state index >= 15 is 0 Å². The Hall–Kier alpha value is -3.93. The number of nitrogens with zero attached hydrogens (tertiary/aromatic N) is 2. The van der Waals surface area contributed by atoms with Crippen LogP contribution < -0.4 is 15.4 Å². The summed E-state index contributed by atoms with van der Waals surface area (Å²) >= 11 is 0. The maximum atomic E-state index is 13.8. The molecule has 1 heterocycles. The average molecular weight is 455 g/mol. The summed E-state index contributed by atoms with van der Waals surface area (Å²) in [5.41, 5.74) is 6.19. The number of ether oxygens (including phenoxy) is 1. The van der Waals surface area contributed by atoms with Crippen molar-refractivity contribution in [2.24, 2.45) is 5.73 Å². The number of hydrogen-bond donors (Lipinski definition) is 2. The average Bonchev–Trinajstić information content (AvgIpc) is 2.78. The summed E-state index contributed by atoms with van der Waals surface area (Å²) in [6.07, 6.45) is -3.69. The Kier molecular flexibility index (Phi) is 5.54. The van der Waals surface area contributed by atoms with E-state index in [9.17, 15) is 28.3 Å². The molecule has 3 N–H and O–H groups in total. The Balaban J connectivity index is 2.00. The molecule has 6 nitrogen and oxygen atoms in total. The Morgan fingerprint density at radius 2 is 1.94 bits per heavy atom. The zero-order valence-electron chi connectivity index (χ0n) is 17.6. The second kappa shape index (κ2) is 8.20. The molecule has 0 saturated heterocycles. The van der Waals surface area contributed by atoms with Crippen molar-refractivity contribution in [3.63, 3.8) is 0 Å². The number of halogens is 3. The van der Waals surface area contributed by atoms with Crippen molar-refractivity contribution < 1.29 is 27.8 Å². The highest BCUT2D eigenvalue weighted by Crippen LogP contribution is 2.49. The molecule has 9 heteroatoms. The summed E-state index contributed by atoms with van der Waals surface area (Å²) in [6.45, 7) is 0. The zero-order valence-corrected chi connectivity index (χ0v) is 17.6. The Morgan fingerprint density at radius 3 is 2.61 bits per heavy atom. The van der Waals surface area contributed by atoms with Gasteiger partial charge in [-0.1, -0.05) is 18.2 Å². The number of phenols is 1. The molecule has 1 aliphatic carbocycles. The molecule has 2 aromatic rings. The fourth-order valence-corrected chi connectivity index (χ4v) is 4.48. The molecular weight excluding hydrogens is 435 g/mol. The maximum absolute atomic E-state index is 13.8. The third-order valence-corrected chi connectivity index (χ3v) is 5.90. The van der Waals surface area contributed by atoms with E-state index in [-0.39, 0.29) is 46.4 Å². The number of nitrogens with two attached hydrogens (primary N) is 1. The molecule has 4 rings (SSSR count). The van der Waals surface area contributed by atoms with Crippen LogP contribution in [0.25, 0.3) is 0 Å². The first kappa shape index (κ1) is 22.3. The number of phenolic OH excluding ortho intramolecular Hbond substituents is 1. The quantitative estimate of drug-likeness (QED) is 0.695. The van der Waals surface area contributed by atoms with Crippen LogP contribution in [0.1, 0.15) is 36.3 Å². The highest BCUT2D eigenvalue weighted by atomic mass is 19.4. The first-order chi connectivity index (χ1) is 15.7. The van der Waals surface area contributed by atoms with Crippen molar-refractivity contribution in [2.45, 2.75) is 31.4 Å². The van der Waals surface area contributed by atoms with Crippen molar-refractivity contribution in [1.82, 2.24) is 0 Å². The third-order valence-electron chi connectivity index (χ3n) is 5.90. The van der Waals surface area contributed by atoms with E-state index < -0.39 is 17.7 Å². The Morgan fingerprint density at radius 1 is 1.21 bits per heavy atom. The molecule has 0 aromatic heterocycles. The predicted octanol–water partition coefficient (Wildman–Crippen LogP) is 4.72. The highest BCUT2D eigenvalue weighted by molar-refractivity contribution is 6.01. The lowest BCUT2D eigenvalue weighted by molar-refractivity contribution is -0.137. The van der Waals surface area contributed by atoms with E-state index in [0.717, 1.165) is 6.07 Å². The lowest BCUT2D eigenvalue weighted by Gasteiger charge is -2.40. The summed E-state index contributed by atoms with van der Waals surface area (Å²) in [6, 6.07) is 11.4. The van der Waals surface area contributed by atoms with Gasteiger partial charge in [-0.25, -0.2) is 0 Å². The topological polar surface area (TPSA) is 99.6 Å². The Labute approximate surface area is 188 Å². The van der Waals surface area contributed by atoms with Gasteiger partial charge in [0.25, 0.3) is 0 Å². The smallest absolute Gasteiger partial charge is 0.418 e. The van der Waals surface area contributed by atoms with Crippen LogP contribution in [-0.4, -0.2) is 18.0 Å². The summed E-state index contributed by atoms with van der Waals surface area (Å²) in [5, 5.41) is 20.0. The van der Waals surface area contributed by atoms with Gasteiger partial charge >= 0.3 is 6.18 Å². The summed E-state index contributed by atoms with van der Waals surface area (Å²) in [5.74, 6) is -1.31. The number of carbonyl (C=O) groups excluding carboxylic acids is 1. The van der Waals surface area contributed by atoms with Crippen LogP contribution in [0.15, 0.2) is 65.1 Å². The van der Waals surface area contributed by atoms with Crippen molar-refractivity contribution >= 4 is 11.5 Å². The van der Waals surface area contributed by atoms with Crippen LogP contribution in [0.4, 0.5) is 18.9 Å². The summed E-state index contributed by atoms with van der Waals surface area (Å²) in [7, 11) is 1.36. The number of carbonyl (C=O) groups is 1. The minimum absolute atomic E-state index is 0.0475. The van der Waals surface area contributed by atoms with Gasteiger partial charge in [-0.3, -0.25) is 9.69 Å². The number of methoxy groups -OCH3 is 1. The number of aromatic hydroxyl groups is 1. The van der Waals surface area contributed by atoms with Crippen molar-refractivity contribution in [1.29, 1.82) is 5.26 Å². The number of rotatable bonds is 3. The molecule has 0 fully saturated rings. The van der Waals surface area contributed by atoms with E-state index in [0.29, 0.717) is 24.1 Å². The predicted molar refractivity (Wildman–Crippen MR) is 114 cm³/mol. The first-order valence-corrected chi connectivity index (χ1v) is 10.2. The van der Waals surface area contributed by atoms with Gasteiger partial charge < -0.3 is 15.6 Å². The van der Waals surface area contributed by atoms with Gasteiger partial charge in [0, 0.05) is 17.7 Å². The fourth-order valence-electron chi connectivity index (χ4n) is 4.48. The molecule has 0 radical (unpaired) electrons. The second-order valence-corrected chi connectivity index (χ2v) is 7.76. The lowest BCUT2D eigenvalue weighted by atomic mass is 9.75. The molecule has 0 bridgehead atoms. The van der Waals surface area contributed by atoms with Gasteiger partial charge in [-0.2, -0.15) is 18.4 Å². The number of allylic oxidation sites excluding steroid dienone is 3. The van der Waals surface area contributed by atoms with E-state index in [1.165, 1.54) is 42.3 Å². The van der Waals surface area contributed by atoms with E-state index in [1.54, 1.807) is 6.07 Å². The SMILES string of the molecule is COc1cc(C2C(C#N)=C(N)N(c3ccccc3C(F)(F)F)C3=C2C(=O)CCC3)ccc1O. The van der Waals surface area contributed by atoms with E-state index in [4.69, 9.17) is 10.5 Å². The molecule has 0 amide bonds. The molecule has 2 aliphatic rings. The van der Waals surface area contributed by atoms with Crippen LogP contribution in [0, 0.1) is 11.3 Å². The van der Waals surface area contributed by atoms with Crippen LogP contribution in [0.3, 0.4) is 0 Å². The minimum Gasteiger partial charge on any atom is -0.504 e. The van der Waals surface area contributed by atoms with Crippen LogP contribution >= 0.6 is 0 Å². The van der Waals surface area contributed by atoms with E-state index in [2.05, 4.69) is 0 Å². The standard InChI is InChI=1S/C24H20F3N3O3/c1-33-20-11-13(9-10-18(20)31)21-14(12-28)23(29)30(17-7-4-8-19(32)22(17)21)16-6-3-2-5-15(16)24(25,26)27/h2-3,5-6,9-11,21,31H,4,7-8,29H2,1H3. The van der Waals surface area contributed by atoms with Gasteiger partial charge in [-0.05, 0) is 42.7 Å². The number of anilines is 1. The van der Waals surface area contributed by atoms with Crippen molar-refractivity contribution in [3.05, 3.63) is 76.3 Å². The number of ketones is 1. The van der Waals surface area contributed by atoms with Crippen LogP contribution in [0.5, 0.6) is 11.5 Å². The van der Waals surface area contributed by atoms with Crippen molar-refractivity contribution in [3.8, 4) is 17.6 Å². The number of para-hydroxylation sites is 1. The summed E-state index contributed by atoms with van der Waals surface area (Å²) < 4.78 is 46.6. The minimum atomic E-state index is -4.66. The van der Waals surface area contributed by atoms with Gasteiger partial charge in [0.1, 0.15) is 5.82 Å². The van der Waals surface area contributed by atoms with Gasteiger partial charge in [0.2, 0.25) is 0 Å². The lowest BCUT2D eigenvalue weighted by Crippen LogP contribution is -2.39. The molecule has 170 valence electrons. The van der Waals surface area contributed by atoms with E-state index in [1.807, 2.05) is 6.07 Å². The number of nitriles is 1. The molecular formula is C24H20F3N3O3. The molecule has 1 aliphatic heterocycles. The number of benzene rings is 2. The number of alkyl halides is 3. The van der Waals surface area contributed by atoms with Gasteiger partial charge in [0.15, 0.2) is 17.3 Å². The van der Waals surface area contributed by atoms with Crippen LogP contribution in [-0.2, 0) is 11.0 Å². The summed E-state index contributed by atoms with van der Waals surface area (Å²) in [4.78, 5) is 14.3. The number of Topliss-reactive ketones (excluding diaryl/α,β-unsaturated/α-hetero) is 1. The number of hydrogen-bond acceptors (Lipinski definition) is 6. The highest BCUT2D eigenvalue weighted by Gasteiger charge is 2.43. The normalized spacial score (nSPS) is 18.8. The van der Waals surface area contributed by atoms with Crippen LogP contribution in [0.2, 0.25) is 0 Å². The fraction of sp³-hybridized carbons (Fsp3) is 0.250. The molecule has 1 atom stereocenters. The maximum Gasteiger partial charge on any atom is 0.418 e. The van der Waals surface area contributed by atoms with Gasteiger partial charge in [-0.15, -0.1) is 0 Å². The Bertz CT molecular complexity index is 1240. The van der Waals surface area contributed by atoms with Gasteiger partial charge in [0.05, 0.1) is 35.9 Å². The second-order valence-electron chi connectivity index (χ2n) is 7.76. The monoisotopic (exact) mass is 455 g/mol. The molecule has 1 unspecified atom stereocenters. The third kappa shape index (κ3) is 3.67. The molecule has 33 heavy (non-hydrogen) atoms. The first-order valence-electron chi connectivity index (χ1n) is 10.2. The molecule has 0 spiro atoms. The molecule has 0 saturated carbocycles. The molecule has 2 aromatic carbocycles.